The molecular weight excluding hydrogens is 444 g/mol. The fourth-order valence-corrected chi connectivity index (χ4v) is 4.46. The highest BCUT2D eigenvalue weighted by Gasteiger charge is 2.17. The van der Waals surface area contributed by atoms with Crippen LogP contribution in [-0.2, 0) is 10.2 Å². The van der Waals surface area contributed by atoms with Gasteiger partial charge in [0.25, 0.3) is 0 Å². The summed E-state index contributed by atoms with van der Waals surface area (Å²) in [7, 11) is 0. The topological polar surface area (TPSA) is 112 Å². The maximum absolute atomic E-state index is 12.4. The lowest BCUT2D eigenvalue weighted by Crippen LogP contribution is -2.16. The maximum atomic E-state index is 12.4. The van der Waals surface area contributed by atoms with Crippen LogP contribution in [0.3, 0.4) is 0 Å². The summed E-state index contributed by atoms with van der Waals surface area (Å²) < 4.78 is 6.65. The van der Waals surface area contributed by atoms with E-state index in [1.807, 2.05) is 12.3 Å². The van der Waals surface area contributed by atoms with E-state index in [2.05, 4.69) is 65.5 Å². The Balaban J connectivity index is 1.36. The zero-order valence-corrected chi connectivity index (χ0v) is 19.9. The third-order valence-electron chi connectivity index (χ3n) is 4.89. The number of aryl methyl sites for hydroxylation is 1. The van der Waals surface area contributed by atoms with E-state index in [0.717, 1.165) is 16.8 Å². The van der Waals surface area contributed by atoms with Crippen LogP contribution in [0.25, 0.3) is 22.6 Å². The van der Waals surface area contributed by atoms with Crippen LogP contribution in [0, 0.1) is 6.92 Å². The van der Waals surface area contributed by atoms with E-state index < -0.39 is 0 Å². The Morgan fingerprint density at radius 2 is 1.97 bits per heavy atom. The Labute approximate surface area is 194 Å². The molecule has 0 atom stereocenters. The van der Waals surface area contributed by atoms with Gasteiger partial charge in [0.15, 0.2) is 11.0 Å². The number of rotatable bonds is 6. The molecule has 0 unspecified atom stereocenters. The van der Waals surface area contributed by atoms with Crippen LogP contribution < -0.4 is 11.2 Å². The molecule has 0 fully saturated rings. The van der Waals surface area contributed by atoms with E-state index in [0.29, 0.717) is 21.9 Å². The van der Waals surface area contributed by atoms with Crippen molar-refractivity contribution in [2.75, 3.05) is 16.9 Å². The number of hydrogen-bond acceptors (Lipinski definition) is 8. The van der Waals surface area contributed by atoms with E-state index in [4.69, 9.17) is 10.3 Å². The number of nitrogens with one attached hydrogen (secondary N) is 1. The second-order valence-corrected chi connectivity index (χ2v) is 10.1. The van der Waals surface area contributed by atoms with Gasteiger partial charge < -0.3 is 15.6 Å². The highest BCUT2D eigenvalue weighted by molar-refractivity contribution is 7.99. The van der Waals surface area contributed by atoms with Crippen molar-refractivity contribution in [1.82, 2.24) is 19.9 Å². The van der Waals surface area contributed by atoms with Crippen LogP contribution in [0.2, 0.25) is 0 Å². The SMILES string of the molecule is Cc1occc1-c1nnc(SCC(=O)Nc2nc(-c3ccc(C(C)(C)C)cc3)cs2)n1N. The van der Waals surface area contributed by atoms with Crippen LogP contribution >= 0.6 is 23.1 Å². The standard InChI is InChI=1S/C22H24N6O2S2/c1-13-16(9-10-30-13)19-26-27-21(28(19)23)32-12-18(29)25-20-24-17(11-31-20)14-5-7-15(8-6-14)22(2,3)4/h5-11H,12,23H2,1-4H3,(H,24,25,29). The molecule has 1 amide bonds. The van der Waals surface area contributed by atoms with Gasteiger partial charge in [-0.25, -0.2) is 9.66 Å². The molecule has 10 heteroatoms. The van der Waals surface area contributed by atoms with Crippen LogP contribution in [0.1, 0.15) is 32.1 Å². The average molecular weight is 469 g/mol. The van der Waals surface area contributed by atoms with Crippen molar-refractivity contribution < 1.29 is 9.21 Å². The smallest absolute Gasteiger partial charge is 0.236 e. The van der Waals surface area contributed by atoms with Crippen LogP contribution in [-0.4, -0.2) is 31.5 Å². The number of anilines is 1. The predicted octanol–water partition coefficient (Wildman–Crippen LogP) is 4.71. The third kappa shape index (κ3) is 4.71. The van der Waals surface area contributed by atoms with E-state index in [1.54, 1.807) is 12.3 Å². The number of furan rings is 1. The number of benzene rings is 1. The first kappa shape index (κ1) is 22.1. The second-order valence-electron chi connectivity index (χ2n) is 8.27. The number of hydrogen-bond donors (Lipinski definition) is 2. The number of nitrogens with zero attached hydrogens (tertiary/aromatic N) is 4. The van der Waals surface area contributed by atoms with Crippen molar-refractivity contribution in [1.29, 1.82) is 0 Å². The lowest BCUT2D eigenvalue weighted by atomic mass is 9.86. The lowest BCUT2D eigenvalue weighted by molar-refractivity contribution is -0.113. The largest absolute Gasteiger partial charge is 0.469 e. The quantitative estimate of drug-likeness (QED) is 0.311. The molecule has 0 spiro atoms. The summed E-state index contributed by atoms with van der Waals surface area (Å²) >= 11 is 2.59. The first-order chi connectivity index (χ1) is 15.2. The van der Waals surface area contributed by atoms with E-state index in [9.17, 15) is 4.79 Å². The van der Waals surface area contributed by atoms with Gasteiger partial charge in [-0.3, -0.25) is 4.79 Å². The van der Waals surface area contributed by atoms with Gasteiger partial charge in [-0.05, 0) is 24.0 Å². The molecule has 1 aromatic carbocycles. The van der Waals surface area contributed by atoms with Gasteiger partial charge in [0.05, 0.1) is 23.3 Å². The first-order valence-electron chi connectivity index (χ1n) is 9.96. The highest BCUT2D eigenvalue weighted by atomic mass is 32.2. The number of carbonyl (C=O) groups is 1. The van der Waals surface area contributed by atoms with Crippen molar-refractivity contribution in [3.05, 3.63) is 53.3 Å². The molecule has 0 radical (unpaired) electrons. The Hall–Kier alpha value is -3.11. The summed E-state index contributed by atoms with van der Waals surface area (Å²) in [5, 5.41) is 13.9. The lowest BCUT2D eigenvalue weighted by Gasteiger charge is -2.18. The number of thiazole rings is 1. The molecule has 3 heterocycles. The molecule has 3 aromatic heterocycles. The second kappa shape index (κ2) is 8.79. The van der Waals surface area contributed by atoms with Crippen LogP contribution in [0.4, 0.5) is 5.13 Å². The molecule has 3 N–H and O–H groups in total. The summed E-state index contributed by atoms with van der Waals surface area (Å²) in [6.45, 7) is 8.38. The Morgan fingerprint density at radius 1 is 1.22 bits per heavy atom. The van der Waals surface area contributed by atoms with E-state index in [-0.39, 0.29) is 17.1 Å². The molecule has 4 rings (SSSR count). The Bertz CT molecular complexity index is 1230. The minimum absolute atomic E-state index is 0.100. The van der Waals surface area contributed by atoms with Crippen molar-refractivity contribution in [2.24, 2.45) is 0 Å². The molecule has 32 heavy (non-hydrogen) atoms. The summed E-state index contributed by atoms with van der Waals surface area (Å²) in [5.74, 6) is 7.22. The fourth-order valence-electron chi connectivity index (χ4n) is 3.07. The van der Waals surface area contributed by atoms with E-state index in [1.165, 1.54) is 33.3 Å². The molecule has 166 valence electrons. The summed E-state index contributed by atoms with van der Waals surface area (Å²) in [6, 6.07) is 10.1. The summed E-state index contributed by atoms with van der Waals surface area (Å²) in [6.07, 6.45) is 1.57. The number of nitrogen functional groups attached to an aromatic ring is 1. The number of aromatic nitrogens is 4. The molecule has 8 nitrogen and oxygen atoms in total. The normalized spacial score (nSPS) is 11.6. The highest BCUT2D eigenvalue weighted by Crippen LogP contribution is 2.29. The molecule has 0 aliphatic heterocycles. The summed E-state index contributed by atoms with van der Waals surface area (Å²) in [5.41, 5.74) is 3.98. The fraction of sp³-hybridized carbons (Fsp3) is 0.273. The third-order valence-corrected chi connectivity index (χ3v) is 6.59. The Morgan fingerprint density at radius 3 is 2.62 bits per heavy atom. The van der Waals surface area contributed by atoms with Crippen molar-refractivity contribution >= 4 is 34.1 Å². The molecule has 0 bridgehead atoms. The Kier molecular flexibility index (Phi) is 6.07. The zero-order chi connectivity index (χ0) is 22.9. The minimum Gasteiger partial charge on any atom is -0.469 e. The van der Waals surface area contributed by atoms with Gasteiger partial charge in [0, 0.05) is 10.9 Å². The molecule has 0 saturated carbocycles. The maximum Gasteiger partial charge on any atom is 0.236 e. The van der Waals surface area contributed by atoms with Gasteiger partial charge in [-0.2, -0.15) is 0 Å². The van der Waals surface area contributed by atoms with Crippen LogP contribution in [0.15, 0.2) is 51.5 Å². The van der Waals surface area contributed by atoms with Crippen molar-refractivity contribution in [3.63, 3.8) is 0 Å². The van der Waals surface area contributed by atoms with Gasteiger partial charge in [-0.1, -0.05) is 56.8 Å². The number of thioether (sulfide) groups is 1. The molecule has 0 saturated heterocycles. The van der Waals surface area contributed by atoms with E-state index >= 15 is 0 Å². The minimum atomic E-state index is -0.192. The van der Waals surface area contributed by atoms with Crippen molar-refractivity contribution in [3.8, 4) is 22.6 Å². The van der Waals surface area contributed by atoms with Crippen molar-refractivity contribution in [2.45, 2.75) is 38.3 Å². The van der Waals surface area contributed by atoms with Gasteiger partial charge in [0.1, 0.15) is 5.76 Å². The molecule has 0 aliphatic carbocycles. The monoisotopic (exact) mass is 468 g/mol. The molecule has 0 aliphatic rings. The number of carbonyl (C=O) groups excluding carboxylic acids is 1. The predicted molar refractivity (Wildman–Crippen MR) is 128 cm³/mol. The average Bonchev–Trinajstić information content (AvgIpc) is 3.46. The van der Waals surface area contributed by atoms with Gasteiger partial charge in [-0.15, -0.1) is 21.5 Å². The molecular formula is C22H24N6O2S2. The van der Waals surface area contributed by atoms with Crippen LogP contribution in [0.5, 0.6) is 0 Å². The zero-order valence-electron chi connectivity index (χ0n) is 18.2. The summed E-state index contributed by atoms with van der Waals surface area (Å²) in [4.78, 5) is 17.0. The first-order valence-corrected chi connectivity index (χ1v) is 11.8. The van der Waals surface area contributed by atoms with Gasteiger partial charge >= 0.3 is 0 Å². The number of amides is 1. The molecule has 4 aromatic rings. The van der Waals surface area contributed by atoms with Gasteiger partial charge in [0.2, 0.25) is 11.1 Å². The number of nitrogens with two attached hydrogens (primary N) is 1.